The minimum absolute atomic E-state index is 0.378. The van der Waals surface area contributed by atoms with Gasteiger partial charge in [0, 0.05) is 26.2 Å². The Balaban J connectivity index is 2.65. The minimum atomic E-state index is -3.21. The molecule has 5 nitrogen and oxygen atoms in total. The molecular formula is C10H19N3O2S. The molecule has 16 heavy (non-hydrogen) atoms. The van der Waals surface area contributed by atoms with Crippen LogP contribution >= 0.6 is 0 Å². The molecule has 1 aliphatic heterocycles. The normalized spacial score (nSPS) is 20.6. The van der Waals surface area contributed by atoms with Gasteiger partial charge in [-0.2, -0.15) is 9.57 Å². The quantitative estimate of drug-likeness (QED) is 0.654. The fourth-order valence-electron chi connectivity index (χ4n) is 1.62. The molecule has 1 saturated heterocycles. The van der Waals surface area contributed by atoms with Crippen molar-refractivity contribution < 1.29 is 8.42 Å². The number of rotatable bonds is 2. The Labute approximate surface area is 97.7 Å². The number of nitriles is 1. The zero-order valence-electron chi connectivity index (χ0n) is 10.1. The molecule has 0 bridgehead atoms. The maximum absolute atomic E-state index is 12.1. The van der Waals surface area contributed by atoms with Crippen molar-refractivity contribution in [2.45, 2.75) is 25.5 Å². The summed E-state index contributed by atoms with van der Waals surface area (Å²) in [5, 5.41) is 8.55. The highest BCUT2D eigenvalue weighted by Gasteiger charge is 2.36. The molecule has 0 atom stereocenters. The van der Waals surface area contributed by atoms with Gasteiger partial charge in [0.15, 0.2) is 0 Å². The van der Waals surface area contributed by atoms with Crippen LogP contribution in [0.4, 0.5) is 0 Å². The number of hydrogen-bond donors (Lipinski definition) is 0. The molecular weight excluding hydrogens is 226 g/mol. The summed E-state index contributed by atoms with van der Waals surface area (Å²) in [5.41, 5.74) is 0. The van der Waals surface area contributed by atoms with E-state index in [1.54, 1.807) is 20.8 Å². The Kier molecular flexibility index (Phi) is 3.94. The summed E-state index contributed by atoms with van der Waals surface area (Å²) in [6.07, 6.45) is 0. The van der Waals surface area contributed by atoms with Gasteiger partial charge in [-0.15, -0.1) is 0 Å². The molecule has 0 amide bonds. The predicted octanol–water partition coefficient (Wildman–Crippen LogP) is 0.256. The van der Waals surface area contributed by atoms with E-state index in [0.29, 0.717) is 32.7 Å². The lowest BCUT2D eigenvalue weighted by Gasteiger charge is -2.36. The Morgan fingerprint density at radius 2 is 1.69 bits per heavy atom. The van der Waals surface area contributed by atoms with Crippen molar-refractivity contribution in [2.24, 2.45) is 0 Å². The zero-order valence-corrected chi connectivity index (χ0v) is 10.9. The second kappa shape index (κ2) is 4.70. The van der Waals surface area contributed by atoms with E-state index in [4.69, 9.17) is 5.26 Å². The molecule has 92 valence electrons. The molecule has 1 fully saturated rings. The maximum Gasteiger partial charge on any atom is 0.219 e. The molecule has 1 heterocycles. The topological polar surface area (TPSA) is 64.4 Å². The van der Waals surface area contributed by atoms with Gasteiger partial charge in [0.1, 0.15) is 0 Å². The van der Waals surface area contributed by atoms with Crippen LogP contribution in [-0.4, -0.2) is 55.1 Å². The van der Waals surface area contributed by atoms with Crippen molar-refractivity contribution in [3.8, 4) is 6.07 Å². The monoisotopic (exact) mass is 245 g/mol. The van der Waals surface area contributed by atoms with Crippen LogP contribution < -0.4 is 0 Å². The SMILES string of the molecule is CC(C)(C)S(=O)(=O)N1CCN(CC#N)CC1. The molecule has 0 unspecified atom stereocenters. The fraction of sp³-hybridized carbons (Fsp3) is 0.900. The molecule has 0 aromatic rings. The first kappa shape index (κ1) is 13.4. The highest BCUT2D eigenvalue weighted by Crippen LogP contribution is 2.21. The summed E-state index contributed by atoms with van der Waals surface area (Å²) in [6.45, 7) is 7.77. The van der Waals surface area contributed by atoms with Gasteiger partial charge in [-0.3, -0.25) is 4.90 Å². The van der Waals surface area contributed by atoms with Gasteiger partial charge in [0.05, 0.1) is 17.4 Å². The molecule has 0 N–H and O–H groups in total. The van der Waals surface area contributed by atoms with Crippen LogP contribution in [-0.2, 0) is 10.0 Å². The summed E-state index contributed by atoms with van der Waals surface area (Å²) in [7, 11) is -3.21. The van der Waals surface area contributed by atoms with Crippen LogP contribution in [0.25, 0.3) is 0 Å². The summed E-state index contributed by atoms with van der Waals surface area (Å²) in [6, 6.07) is 2.08. The molecule has 0 radical (unpaired) electrons. The smallest absolute Gasteiger partial charge is 0.219 e. The molecule has 1 rings (SSSR count). The Morgan fingerprint density at radius 1 is 1.19 bits per heavy atom. The number of sulfonamides is 1. The van der Waals surface area contributed by atoms with Gasteiger partial charge in [-0.1, -0.05) is 0 Å². The van der Waals surface area contributed by atoms with Gasteiger partial charge in [-0.05, 0) is 20.8 Å². The largest absolute Gasteiger partial charge is 0.288 e. The number of nitrogens with zero attached hydrogens (tertiary/aromatic N) is 3. The van der Waals surface area contributed by atoms with Crippen molar-refractivity contribution in [2.75, 3.05) is 32.7 Å². The lowest BCUT2D eigenvalue weighted by atomic mass is 10.3. The second-order valence-corrected chi connectivity index (χ2v) is 7.64. The zero-order chi connectivity index (χ0) is 12.4. The van der Waals surface area contributed by atoms with Crippen LogP contribution in [0.1, 0.15) is 20.8 Å². The average molecular weight is 245 g/mol. The Bertz CT molecular complexity index is 370. The van der Waals surface area contributed by atoms with Gasteiger partial charge in [-0.25, -0.2) is 8.42 Å². The van der Waals surface area contributed by atoms with Crippen LogP contribution in [0.15, 0.2) is 0 Å². The van der Waals surface area contributed by atoms with E-state index in [-0.39, 0.29) is 0 Å². The lowest BCUT2D eigenvalue weighted by Crippen LogP contribution is -2.52. The van der Waals surface area contributed by atoms with Gasteiger partial charge in [0.2, 0.25) is 10.0 Å². The standard InChI is InChI=1S/C10H19N3O2S/c1-10(2,3)16(14,15)13-8-6-12(5-4-11)7-9-13/h5-9H2,1-3H3. The molecule has 0 aliphatic carbocycles. The average Bonchev–Trinajstić information content (AvgIpc) is 2.17. The maximum atomic E-state index is 12.1. The first-order valence-corrected chi connectivity index (χ1v) is 6.82. The second-order valence-electron chi connectivity index (χ2n) is 4.95. The summed E-state index contributed by atoms with van der Waals surface area (Å²) in [4.78, 5) is 1.97. The van der Waals surface area contributed by atoms with Crippen molar-refractivity contribution in [1.82, 2.24) is 9.21 Å². The van der Waals surface area contributed by atoms with E-state index in [2.05, 4.69) is 6.07 Å². The molecule has 0 aromatic heterocycles. The molecule has 6 heteroatoms. The molecule has 0 saturated carbocycles. The van der Waals surface area contributed by atoms with E-state index in [0.717, 1.165) is 0 Å². The van der Waals surface area contributed by atoms with Gasteiger partial charge >= 0.3 is 0 Å². The lowest BCUT2D eigenvalue weighted by molar-refractivity contribution is 0.204. The Morgan fingerprint density at radius 3 is 2.06 bits per heavy atom. The van der Waals surface area contributed by atoms with Crippen molar-refractivity contribution >= 4 is 10.0 Å². The summed E-state index contributed by atoms with van der Waals surface area (Å²) < 4.78 is 25.0. The number of piperazine rings is 1. The van der Waals surface area contributed by atoms with Crippen LogP contribution in [0.3, 0.4) is 0 Å². The number of hydrogen-bond acceptors (Lipinski definition) is 4. The first-order chi connectivity index (χ1) is 7.29. The molecule has 0 spiro atoms. The highest BCUT2D eigenvalue weighted by molar-refractivity contribution is 7.90. The van der Waals surface area contributed by atoms with E-state index in [1.807, 2.05) is 4.90 Å². The van der Waals surface area contributed by atoms with Crippen molar-refractivity contribution in [1.29, 1.82) is 5.26 Å². The summed E-state index contributed by atoms with van der Waals surface area (Å²) >= 11 is 0. The summed E-state index contributed by atoms with van der Waals surface area (Å²) in [5.74, 6) is 0. The predicted molar refractivity (Wildman–Crippen MR) is 62.3 cm³/mol. The van der Waals surface area contributed by atoms with Crippen LogP contribution in [0, 0.1) is 11.3 Å². The van der Waals surface area contributed by atoms with Gasteiger partial charge < -0.3 is 0 Å². The minimum Gasteiger partial charge on any atom is -0.288 e. The van der Waals surface area contributed by atoms with Crippen LogP contribution in [0.5, 0.6) is 0 Å². The van der Waals surface area contributed by atoms with Gasteiger partial charge in [0.25, 0.3) is 0 Å². The highest BCUT2D eigenvalue weighted by atomic mass is 32.2. The van der Waals surface area contributed by atoms with E-state index in [9.17, 15) is 8.42 Å². The first-order valence-electron chi connectivity index (χ1n) is 5.38. The van der Waals surface area contributed by atoms with E-state index < -0.39 is 14.8 Å². The van der Waals surface area contributed by atoms with E-state index in [1.165, 1.54) is 4.31 Å². The third-order valence-electron chi connectivity index (χ3n) is 2.74. The van der Waals surface area contributed by atoms with Crippen molar-refractivity contribution in [3.63, 3.8) is 0 Å². The third kappa shape index (κ3) is 2.73. The van der Waals surface area contributed by atoms with E-state index >= 15 is 0 Å². The fourth-order valence-corrected chi connectivity index (χ4v) is 3.03. The van der Waals surface area contributed by atoms with Crippen LogP contribution in [0.2, 0.25) is 0 Å². The van der Waals surface area contributed by atoms with Crippen molar-refractivity contribution in [3.05, 3.63) is 0 Å². The third-order valence-corrected chi connectivity index (χ3v) is 5.33. The Hall–Kier alpha value is -0.640. The molecule has 1 aliphatic rings. The molecule has 0 aromatic carbocycles.